The lowest BCUT2D eigenvalue weighted by Crippen LogP contribution is -2.47. The van der Waals surface area contributed by atoms with Crippen molar-refractivity contribution in [2.45, 2.75) is 25.8 Å². The summed E-state index contributed by atoms with van der Waals surface area (Å²) in [6, 6.07) is 6.91. The van der Waals surface area contributed by atoms with Crippen LogP contribution in [-0.2, 0) is 21.2 Å². The lowest BCUT2D eigenvalue weighted by Gasteiger charge is -2.39. The van der Waals surface area contributed by atoms with Crippen LogP contribution in [0.4, 0.5) is 5.69 Å². The fraction of sp³-hybridized carbons (Fsp3) is 0.462. The minimum absolute atomic E-state index is 0.0263. The van der Waals surface area contributed by atoms with Crippen LogP contribution in [0.25, 0.3) is 0 Å². The summed E-state index contributed by atoms with van der Waals surface area (Å²) in [5, 5.41) is 8.95. The fourth-order valence-corrected chi connectivity index (χ4v) is 4.02. The first-order valence-corrected chi connectivity index (χ1v) is 7.94. The molecule has 0 amide bonds. The van der Waals surface area contributed by atoms with Gasteiger partial charge in [0.05, 0.1) is 18.4 Å². The Hall–Kier alpha value is -1.56. The van der Waals surface area contributed by atoms with Crippen molar-refractivity contribution in [2.24, 2.45) is 5.92 Å². The zero-order chi connectivity index (χ0) is 14.2. The number of carboxylic acid groups (broad SMARTS) is 1. The normalized spacial score (nSPS) is 22.9. The number of anilines is 1. The molecule has 5 nitrogen and oxygen atoms in total. The number of rotatable bonds is 3. The third-order valence-corrected chi connectivity index (χ3v) is 4.80. The quantitative estimate of drug-likeness (QED) is 0.912. The highest BCUT2D eigenvalue weighted by Crippen LogP contribution is 2.36. The number of nitrogens with zero attached hydrogens (tertiary/aromatic N) is 1. The molecular weight excluding hydrogens is 266 g/mol. The van der Waals surface area contributed by atoms with Gasteiger partial charge in [0.2, 0.25) is 10.0 Å². The molecule has 0 unspecified atom stereocenters. The van der Waals surface area contributed by atoms with Gasteiger partial charge in [-0.05, 0) is 30.9 Å². The van der Waals surface area contributed by atoms with Crippen LogP contribution in [0.1, 0.15) is 18.9 Å². The Morgan fingerprint density at radius 2 is 2.05 bits per heavy atom. The summed E-state index contributed by atoms with van der Waals surface area (Å²) in [5.74, 6) is -1.10. The van der Waals surface area contributed by atoms with E-state index in [0.29, 0.717) is 12.1 Å². The minimum Gasteiger partial charge on any atom is -0.481 e. The molecule has 0 aliphatic carbocycles. The van der Waals surface area contributed by atoms with Gasteiger partial charge in [0.25, 0.3) is 0 Å². The van der Waals surface area contributed by atoms with Gasteiger partial charge in [-0.25, -0.2) is 8.42 Å². The number of hydrogen-bond acceptors (Lipinski definition) is 3. The summed E-state index contributed by atoms with van der Waals surface area (Å²) in [5.41, 5.74) is 1.55. The first-order valence-electron chi connectivity index (χ1n) is 6.10. The molecule has 6 heteroatoms. The van der Waals surface area contributed by atoms with Gasteiger partial charge in [-0.15, -0.1) is 0 Å². The molecule has 0 bridgehead atoms. The van der Waals surface area contributed by atoms with Crippen molar-refractivity contribution >= 4 is 21.7 Å². The predicted molar refractivity (Wildman–Crippen MR) is 72.7 cm³/mol. The van der Waals surface area contributed by atoms with E-state index in [2.05, 4.69) is 0 Å². The molecule has 104 valence electrons. The van der Waals surface area contributed by atoms with Crippen molar-refractivity contribution < 1.29 is 18.3 Å². The highest BCUT2D eigenvalue weighted by atomic mass is 32.2. The predicted octanol–water partition coefficient (Wildman–Crippen LogP) is 1.49. The average molecular weight is 283 g/mol. The van der Waals surface area contributed by atoms with Crippen LogP contribution in [0, 0.1) is 5.92 Å². The number of carbonyl (C=O) groups is 1. The van der Waals surface area contributed by atoms with Gasteiger partial charge < -0.3 is 5.11 Å². The molecule has 1 aliphatic rings. The van der Waals surface area contributed by atoms with Crippen LogP contribution in [-0.4, -0.2) is 31.8 Å². The molecule has 1 aromatic carbocycles. The van der Waals surface area contributed by atoms with E-state index in [0.717, 1.165) is 11.8 Å². The van der Waals surface area contributed by atoms with E-state index in [1.54, 1.807) is 19.1 Å². The molecule has 0 saturated heterocycles. The Labute approximate surface area is 112 Å². The first-order chi connectivity index (χ1) is 8.80. The second-order valence-corrected chi connectivity index (χ2v) is 6.85. The van der Waals surface area contributed by atoms with Crippen molar-refractivity contribution in [3.05, 3.63) is 29.8 Å². The number of hydrogen-bond donors (Lipinski definition) is 1. The summed E-state index contributed by atoms with van der Waals surface area (Å²) in [7, 11) is -3.42. The van der Waals surface area contributed by atoms with Gasteiger partial charge in [0.15, 0.2) is 0 Å². The molecular formula is C13H17NO4S. The molecule has 1 N–H and O–H groups in total. The Balaban J connectivity index is 2.49. The molecule has 1 aromatic rings. The Morgan fingerprint density at radius 1 is 1.42 bits per heavy atom. The third-order valence-electron chi connectivity index (χ3n) is 3.56. The van der Waals surface area contributed by atoms with Crippen molar-refractivity contribution in [1.82, 2.24) is 0 Å². The van der Waals surface area contributed by atoms with Crippen LogP contribution >= 0.6 is 0 Å². The van der Waals surface area contributed by atoms with Gasteiger partial charge in [-0.3, -0.25) is 9.10 Å². The molecule has 0 fully saturated rings. The zero-order valence-corrected chi connectivity index (χ0v) is 11.7. The summed E-state index contributed by atoms with van der Waals surface area (Å²) in [6.07, 6.45) is 1.72. The smallest absolute Gasteiger partial charge is 0.303 e. The molecule has 1 aliphatic heterocycles. The van der Waals surface area contributed by atoms with E-state index in [-0.39, 0.29) is 18.4 Å². The van der Waals surface area contributed by atoms with Gasteiger partial charge in [0, 0.05) is 6.04 Å². The van der Waals surface area contributed by atoms with Gasteiger partial charge >= 0.3 is 5.97 Å². The highest BCUT2D eigenvalue weighted by Gasteiger charge is 2.36. The van der Waals surface area contributed by atoms with Crippen LogP contribution in [0.15, 0.2) is 24.3 Å². The summed E-state index contributed by atoms with van der Waals surface area (Å²) >= 11 is 0. The first kappa shape index (κ1) is 13.9. The second kappa shape index (κ2) is 4.85. The van der Waals surface area contributed by atoms with Crippen LogP contribution in [0.5, 0.6) is 0 Å². The van der Waals surface area contributed by atoms with Crippen LogP contribution in [0.3, 0.4) is 0 Å². The maximum atomic E-state index is 12.0. The molecule has 2 rings (SSSR count). The number of benzene rings is 1. The molecule has 0 radical (unpaired) electrons. The highest BCUT2D eigenvalue weighted by molar-refractivity contribution is 7.92. The molecule has 0 saturated carbocycles. The van der Waals surface area contributed by atoms with Crippen molar-refractivity contribution in [3.8, 4) is 0 Å². The van der Waals surface area contributed by atoms with E-state index in [9.17, 15) is 13.2 Å². The summed E-state index contributed by atoms with van der Waals surface area (Å²) in [6.45, 7) is 1.77. The average Bonchev–Trinajstić information content (AvgIpc) is 2.27. The SMILES string of the molecule is C[C@@H]1[C@H](CC(=O)O)Cc2ccccc2N1S(C)(=O)=O. The van der Waals surface area contributed by atoms with E-state index >= 15 is 0 Å². The Bertz CT molecular complexity index is 596. The Morgan fingerprint density at radius 3 is 2.63 bits per heavy atom. The monoisotopic (exact) mass is 283 g/mol. The minimum atomic E-state index is -3.42. The number of sulfonamides is 1. The molecule has 19 heavy (non-hydrogen) atoms. The van der Waals surface area contributed by atoms with Crippen molar-refractivity contribution in [2.75, 3.05) is 10.6 Å². The number of fused-ring (bicyclic) bond motifs is 1. The lowest BCUT2D eigenvalue weighted by atomic mass is 9.86. The zero-order valence-electron chi connectivity index (χ0n) is 10.9. The summed E-state index contributed by atoms with van der Waals surface area (Å²) < 4.78 is 25.3. The molecule has 0 aromatic heterocycles. The molecule has 0 spiro atoms. The van der Waals surface area contributed by atoms with E-state index in [1.165, 1.54) is 4.31 Å². The fourth-order valence-electron chi connectivity index (χ4n) is 2.71. The van der Waals surface area contributed by atoms with Crippen molar-refractivity contribution in [3.63, 3.8) is 0 Å². The topological polar surface area (TPSA) is 74.7 Å². The number of aliphatic carboxylic acids is 1. The van der Waals surface area contributed by atoms with Gasteiger partial charge in [-0.1, -0.05) is 18.2 Å². The van der Waals surface area contributed by atoms with Crippen LogP contribution < -0.4 is 4.31 Å². The number of carboxylic acids is 1. The summed E-state index contributed by atoms with van der Waals surface area (Å²) in [4.78, 5) is 10.9. The number of para-hydroxylation sites is 1. The standard InChI is InChI=1S/C13H17NO4S/c1-9-11(8-13(15)16)7-10-5-3-4-6-12(10)14(9)19(2,17)18/h3-6,9,11H,7-8H2,1-2H3,(H,15,16)/t9-,11+/m1/s1. The van der Waals surface area contributed by atoms with E-state index < -0.39 is 16.0 Å². The second-order valence-electron chi connectivity index (χ2n) is 4.99. The lowest BCUT2D eigenvalue weighted by molar-refractivity contribution is -0.138. The third kappa shape index (κ3) is 2.73. The van der Waals surface area contributed by atoms with E-state index in [4.69, 9.17) is 5.11 Å². The maximum absolute atomic E-state index is 12.0. The van der Waals surface area contributed by atoms with E-state index in [1.807, 2.05) is 12.1 Å². The van der Waals surface area contributed by atoms with Crippen LogP contribution in [0.2, 0.25) is 0 Å². The van der Waals surface area contributed by atoms with Gasteiger partial charge in [-0.2, -0.15) is 0 Å². The largest absolute Gasteiger partial charge is 0.481 e. The maximum Gasteiger partial charge on any atom is 0.303 e. The molecule has 2 atom stereocenters. The van der Waals surface area contributed by atoms with Crippen molar-refractivity contribution in [1.29, 1.82) is 0 Å². The molecule has 1 heterocycles. The van der Waals surface area contributed by atoms with Gasteiger partial charge in [0.1, 0.15) is 0 Å². The Kier molecular flexibility index (Phi) is 3.54.